The number of nitrogens with one attached hydrogen (secondary N) is 1. The highest BCUT2D eigenvalue weighted by molar-refractivity contribution is 6.04. The molecule has 0 bridgehead atoms. The molecule has 3 aromatic rings. The Labute approximate surface area is 193 Å². The van der Waals surface area contributed by atoms with Crippen molar-refractivity contribution in [3.8, 4) is 5.95 Å². The fraction of sp³-hybridized carbons (Fsp3) is 0.440. The van der Waals surface area contributed by atoms with Crippen molar-refractivity contribution < 1.29 is 9.59 Å². The van der Waals surface area contributed by atoms with E-state index in [0.717, 1.165) is 41.7 Å². The molecule has 1 atom stereocenters. The van der Waals surface area contributed by atoms with Gasteiger partial charge >= 0.3 is 0 Å². The highest BCUT2D eigenvalue weighted by Gasteiger charge is 2.41. The lowest BCUT2D eigenvalue weighted by Crippen LogP contribution is -2.55. The summed E-state index contributed by atoms with van der Waals surface area (Å²) in [6, 6.07) is 7.75. The minimum atomic E-state index is -0.200. The molecule has 3 heterocycles. The van der Waals surface area contributed by atoms with E-state index in [-0.39, 0.29) is 17.9 Å². The molecule has 172 valence electrons. The van der Waals surface area contributed by atoms with E-state index in [1.807, 2.05) is 49.0 Å². The molecule has 2 aromatic heterocycles. The Hall–Kier alpha value is -3.42. The van der Waals surface area contributed by atoms with Crippen LogP contribution >= 0.6 is 0 Å². The Morgan fingerprint density at radius 2 is 1.97 bits per heavy atom. The summed E-state index contributed by atoms with van der Waals surface area (Å²) in [6.45, 7) is 4.56. The molecule has 2 aliphatic rings. The number of hydrogen-bond acceptors (Lipinski definition) is 5. The molecule has 33 heavy (non-hydrogen) atoms. The predicted octanol–water partition coefficient (Wildman–Crippen LogP) is 3.67. The van der Waals surface area contributed by atoms with Gasteiger partial charge in [0.2, 0.25) is 11.9 Å². The highest BCUT2D eigenvalue weighted by Crippen LogP contribution is 2.39. The van der Waals surface area contributed by atoms with E-state index in [4.69, 9.17) is 4.98 Å². The summed E-state index contributed by atoms with van der Waals surface area (Å²) >= 11 is 0. The summed E-state index contributed by atoms with van der Waals surface area (Å²) < 4.78 is 1.95. The van der Waals surface area contributed by atoms with Crippen molar-refractivity contribution in [3.05, 3.63) is 42.2 Å². The number of fused-ring (bicyclic) bond motifs is 2. The van der Waals surface area contributed by atoms with E-state index in [9.17, 15) is 9.59 Å². The van der Waals surface area contributed by atoms with Crippen molar-refractivity contribution >= 4 is 34.2 Å². The second-order valence-electron chi connectivity index (χ2n) is 8.86. The van der Waals surface area contributed by atoms with E-state index < -0.39 is 0 Å². The number of carbonyl (C=O) groups excluding carboxylic acids is 2. The average molecular weight is 447 g/mol. The lowest BCUT2D eigenvalue weighted by Gasteiger charge is -2.43. The minimum absolute atomic E-state index is 0.0808. The molecule has 0 saturated heterocycles. The van der Waals surface area contributed by atoms with Crippen molar-refractivity contribution in [2.75, 3.05) is 23.4 Å². The number of hydrogen-bond donors (Lipinski definition) is 1. The van der Waals surface area contributed by atoms with Crippen LogP contribution < -0.4 is 15.1 Å². The largest absolute Gasteiger partial charge is 0.352 e. The van der Waals surface area contributed by atoms with Crippen LogP contribution in [0.3, 0.4) is 0 Å². The molecule has 1 aliphatic heterocycles. The second kappa shape index (κ2) is 8.50. The van der Waals surface area contributed by atoms with Gasteiger partial charge in [-0.1, -0.05) is 19.8 Å². The molecule has 8 nitrogen and oxygen atoms in total. The van der Waals surface area contributed by atoms with Crippen LogP contribution in [0.5, 0.6) is 0 Å². The average Bonchev–Trinajstić information content (AvgIpc) is 3.50. The quantitative estimate of drug-likeness (QED) is 0.647. The topological polar surface area (TPSA) is 83.4 Å². The number of nitrogens with zero attached hydrogens (tertiary/aromatic N) is 5. The Kier molecular flexibility index (Phi) is 5.52. The van der Waals surface area contributed by atoms with Gasteiger partial charge in [-0.15, -0.1) is 0 Å². The third-order valence-corrected chi connectivity index (χ3v) is 6.90. The van der Waals surface area contributed by atoms with Crippen molar-refractivity contribution in [1.29, 1.82) is 0 Å². The molecular weight excluding hydrogens is 416 g/mol. The van der Waals surface area contributed by atoms with Crippen LogP contribution in [0.25, 0.3) is 16.9 Å². The third-order valence-electron chi connectivity index (χ3n) is 6.90. The van der Waals surface area contributed by atoms with Crippen LogP contribution in [0.4, 0.5) is 11.5 Å². The number of aromatic nitrogens is 3. The molecule has 8 heteroatoms. The van der Waals surface area contributed by atoms with E-state index in [2.05, 4.69) is 22.1 Å². The molecule has 2 amide bonds. The number of carbonyl (C=O) groups is 2. The van der Waals surface area contributed by atoms with Crippen LogP contribution in [-0.4, -0.2) is 52.0 Å². The number of anilines is 2. The summed E-state index contributed by atoms with van der Waals surface area (Å²) in [6.07, 6.45) is 8.98. The van der Waals surface area contributed by atoms with Gasteiger partial charge < -0.3 is 15.1 Å². The molecule has 1 N–H and O–H groups in total. The minimum Gasteiger partial charge on any atom is -0.352 e. The van der Waals surface area contributed by atoms with Crippen molar-refractivity contribution in [1.82, 2.24) is 19.9 Å². The van der Waals surface area contributed by atoms with Gasteiger partial charge in [0.1, 0.15) is 11.7 Å². The molecule has 1 aromatic carbocycles. The maximum Gasteiger partial charge on any atom is 0.251 e. The van der Waals surface area contributed by atoms with Crippen LogP contribution in [0.15, 0.2) is 36.7 Å². The first kappa shape index (κ1) is 21.4. The predicted molar refractivity (Wildman–Crippen MR) is 129 cm³/mol. The van der Waals surface area contributed by atoms with Crippen molar-refractivity contribution in [2.45, 2.75) is 58.0 Å². The van der Waals surface area contributed by atoms with Gasteiger partial charge in [-0.2, -0.15) is 4.98 Å². The molecule has 5 rings (SSSR count). The number of likely N-dealkylation sites (N-methyl/N-ethyl adjacent to an activating group) is 1. The first-order valence-corrected chi connectivity index (χ1v) is 11.9. The van der Waals surface area contributed by atoms with Gasteiger partial charge in [-0.25, -0.2) is 4.98 Å². The summed E-state index contributed by atoms with van der Waals surface area (Å²) in [5.41, 5.74) is 2.32. The molecule has 1 aliphatic carbocycles. The first-order chi connectivity index (χ1) is 16.0. The Morgan fingerprint density at radius 1 is 1.18 bits per heavy atom. The van der Waals surface area contributed by atoms with Gasteiger partial charge in [-0.3, -0.25) is 14.2 Å². The Balaban J connectivity index is 1.59. The normalized spacial score (nSPS) is 18.8. The maximum absolute atomic E-state index is 13.1. The number of benzene rings is 1. The summed E-state index contributed by atoms with van der Waals surface area (Å²) in [5, 5.41) is 3.79. The maximum atomic E-state index is 13.1. The van der Waals surface area contributed by atoms with Gasteiger partial charge in [0.05, 0.1) is 11.7 Å². The zero-order valence-electron chi connectivity index (χ0n) is 19.4. The van der Waals surface area contributed by atoms with Crippen LogP contribution in [0.2, 0.25) is 0 Å². The van der Waals surface area contributed by atoms with Gasteiger partial charge in [0, 0.05) is 36.8 Å². The van der Waals surface area contributed by atoms with E-state index in [1.165, 1.54) is 12.8 Å². The monoisotopic (exact) mass is 446 g/mol. The fourth-order valence-electron chi connectivity index (χ4n) is 5.21. The van der Waals surface area contributed by atoms with Crippen LogP contribution in [-0.2, 0) is 4.79 Å². The molecule has 1 saturated carbocycles. The Morgan fingerprint density at radius 3 is 2.70 bits per heavy atom. The first-order valence-electron chi connectivity index (χ1n) is 11.9. The van der Waals surface area contributed by atoms with Gasteiger partial charge in [-0.05, 0) is 50.5 Å². The SMILES string of the molecule is CCNC(=O)c1ccc2c(ccn2-c2ncc3c(n2)N(C2CCCC2)[C@H](CC)C(=O)N3C)c1. The van der Waals surface area contributed by atoms with E-state index >= 15 is 0 Å². The van der Waals surface area contributed by atoms with Gasteiger partial charge in [0.15, 0.2) is 5.82 Å². The summed E-state index contributed by atoms with van der Waals surface area (Å²) in [4.78, 5) is 38.9. The van der Waals surface area contributed by atoms with Crippen molar-refractivity contribution in [3.63, 3.8) is 0 Å². The summed E-state index contributed by atoms with van der Waals surface area (Å²) in [5.74, 6) is 1.43. The van der Waals surface area contributed by atoms with Crippen LogP contribution in [0.1, 0.15) is 56.3 Å². The second-order valence-corrected chi connectivity index (χ2v) is 8.86. The third kappa shape index (κ3) is 3.53. The fourth-order valence-corrected chi connectivity index (χ4v) is 5.21. The molecule has 0 unspecified atom stereocenters. The smallest absolute Gasteiger partial charge is 0.251 e. The van der Waals surface area contributed by atoms with E-state index in [0.29, 0.717) is 24.1 Å². The molecule has 0 radical (unpaired) electrons. The molecule has 1 fully saturated rings. The standard InChI is InChI=1S/C25H30N6O2/c1-4-19-24(33)29(3)21-15-27-25(28-22(21)31(19)18-8-6-7-9-18)30-13-12-16-14-17(10-11-20(16)30)23(32)26-5-2/h10-15,18-19H,4-9H2,1-3H3,(H,26,32)/t19-/m1/s1. The van der Waals surface area contributed by atoms with Crippen molar-refractivity contribution in [2.24, 2.45) is 0 Å². The lowest BCUT2D eigenvalue weighted by atomic mass is 10.0. The van der Waals surface area contributed by atoms with Crippen LogP contribution in [0, 0.1) is 0 Å². The highest BCUT2D eigenvalue weighted by atomic mass is 16.2. The number of rotatable bonds is 5. The van der Waals surface area contributed by atoms with E-state index in [1.54, 1.807) is 11.1 Å². The number of amides is 2. The molecular formula is C25H30N6O2. The zero-order chi connectivity index (χ0) is 23.1. The Bertz CT molecular complexity index is 1210. The summed E-state index contributed by atoms with van der Waals surface area (Å²) in [7, 11) is 1.81. The molecule has 0 spiro atoms. The van der Waals surface area contributed by atoms with Gasteiger partial charge in [0.25, 0.3) is 5.91 Å². The zero-order valence-corrected chi connectivity index (χ0v) is 19.4. The lowest BCUT2D eigenvalue weighted by molar-refractivity contribution is -0.120.